The number of rotatable bonds is 2. The molecule has 4 nitrogen and oxygen atoms in total. The van der Waals surface area contributed by atoms with Crippen LogP contribution in [0.1, 0.15) is 5.56 Å². The van der Waals surface area contributed by atoms with Crippen molar-refractivity contribution in [3.63, 3.8) is 0 Å². The average Bonchev–Trinajstić information content (AvgIpc) is 2.89. The maximum atomic E-state index is 12.2. The summed E-state index contributed by atoms with van der Waals surface area (Å²) in [6.45, 7) is 0. The van der Waals surface area contributed by atoms with Crippen molar-refractivity contribution in [2.45, 2.75) is 0 Å². The van der Waals surface area contributed by atoms with E-state index in [9.17, 15) is 9.90 Å². The van der Waals surface area contributed by atoms with Crippen molar-refractivity contribution < 1.29 is 9.90 Å². The van der Waals surface area contributed by atoms with Crippen LogP contribution in [0.25, 0.3) is 6.08 Å². The Morgan fingerprint density at radius 1 is 1.32 bits per heavy atom. The van der Waals surface area contributed by atoms with Crippen molar-refractivity contribution in [2.75, 3.05) is 0 Å². The van der Waals surface area contributed by atoms with Crippen LogP contribution in [0.3, 0.4) is 0 Å². The highest BCUT2D eigenvalue weighted by atomic mass is 127. The van der Waals surface area contributed by atoms with Crippen LogP contribution in [-0.4, -0.2) is 16.2 Å². The van der Waals surface area contributed by atoms with Gasteiger partial charge >= 0.3 is 0 Å². The molecular formula is C16H8BrCl2IN2O2S. The first-order valence-electron chi connectivity index (χ1n) is 6.77. The van der Waals surface area contributed by atoms with E-state index in [1.807, 2.05) is 22.6 Å². The van der Waals surface area contributed by atoms with E-state index in [0.717, 1.165) is 5.56 Å². The van der Waals surface area contributed by atoms with Crippen molar-refractivity contribution in [1.82, 2.24) is 5.32 Å². The third-order valence-electron chi connectivity index (χ3n) is 3.14. The molecule has 25 heavy (non-hydrogen) atoms. The average molecular weight is 570 g/mol. The van der Waals surface area contributed by atoms with Crippen LogP contribution in [0.4, 0.5) is 5.69 Å². The van der Waals surface area contributed by atoms with Gasteiger partial charge in [-0.3, -0.25) is 4.79 Å². The minimum absolute atomic E-state index is 0.170. The van der Waals surface area contributed by atoms with E-state index >= 15 is 0 Å². The third kappa shape index (κ3) is 4.33. The molecule has 128 valence electrons. The molecule has 0 unspecified atom stereocenters. The summed E-state index contributed by atoms with van der Waals surface area (Å²) < 4.78 is 1.25. The quantitative estimate of drug-likeness (QED) is 0.347. The number of benzene rings is 2. The second-order valence-electron chi connectivity index (χ2n) is 4.89. The first-order chi connectivity index (χ1) is 11.8. The standard InChI is InChI=1S/C16H8BrCl2IN2O2S/c17-8-4-7(5-10(20)14(8)23)6-12-15(24)22-16(25-12)21-11-3-1-2-9(18)13(11)19/h1-6,23H,(H,21,22,24)/b12-6-. The number of phenolic OH excluding ortho intramolecular Hbond substituents is 1. The second-order valence-corrected chi connectivity index (χ2v) is 8.72. The number of carbonyl (C=O) groups is 1. The highest BCUT2D eigenvalue weighted by molar-refractivity contribution is 14.1. The fourth-order valence-electron chi connectivity index (χ4n) is 1.99. The SMILES string of the molecule is O=C1NC(=Nc2cccc(Cl)c2Cl)S/C1=C\c1cc(Br)c(O)c(I)c1. The Labute approximate surface area is 180 Å². The van der Waals surface area contributed by atoms with Crippen molar-refractivity contribution in [3.8, 4) is 5.75 Å². The summed E-state index contributed by atoms with van der Waals surface area (Å²) in [6, 6.07) is 8.64. The molecule has 1 amide bonds. The van der Waals surface area contributed by atoms with Crippen molar-refractivity contribution in [3.05, 3.63) is 58.9 Å². The van der Waals surface area contributed by atoms with E-state index in [2.05, 4.69) is 26.2 Å². The van der Waals surface area contributed by atoms with Gasteiger partial charge in [-0.25, -0.2) is 4.99 Å². The molecule has 1 fully saturated rings. The summed E-state index contributed by atoms with van der Waals surface area (Å²) in [5.74, 6) is -0.0785. The highest BCUT2D eigenvalue weighted by Gasteiger charge is 2.24. The molecule has 2 aromatic carbocycles. The van der Waals surface area contributed by atoms with Gasteiger partial charge in [-0.05, 0) is 86.2 Å². The molecule has 1 aliphatic heterocycles. The Kier molecular flexibility index (Phi) is 5.99. The highest BCUT2D eigenvalue weighted by Crippen LogP contribution is 2.36. The van der Waals surface area contributed by atoms with Gasteiger partial charge in [-0.2, -0.15) is 0 Å². The molecule has 0 aliphatic carbocycles. The fourth-order valence-corrected chi connectivity index (χ4v) is 4.66. The van der Waals surface area contributed by atoms with Crippen LogP contribution in [0, 0.1) is 3.57 Å². The van der Waals surface area contributed by atoms with Gasteiger partial charge in [0.25, 0.3) is 5.91 Å². The topological polar surface area (TPSA) is 61.7 Å². The summed E-state index contributed by atoms with van der Waals surface area (Å²) in [5, 5.41) is 13.7. The molecule has 1 heterocycles. The number of amidine groups is 1. The van der Waals surface area contributed by atoms with Gasteiger partial charge in [0.1, 0.15) is 5.75 Å². The van der Waals surface area contributed by atoms with Gasteiger partial charge in [-0.1, -0.05) is 29.3 Å². The number of nitrogens with one attached hydrogen (secondary N) is 1. The van der Waals surface area contributed by atoms with Crippen LogP contribution in [-0.2, 0) is 4.79 Å². The summed E-state index contributed by atoms with van der Waals surface area (Å²) in [5.41, 5.74) is 1.27. The zero-order valence-corrected chi connectivity index (χ0v) is 18.3. The lowest BCUT2D eigenvalue weighted by molar-refractivity contribution is -0.115. The number of nitrogens with zero attached hydrogens (tertiary/aromatic N) is 1. The van der Waals surface area contributed by atoms with Gasteiger partial charge < -0.3 is 10.4 Å². The Balaban J connectivity index is 1.90. The molecule has 0 atom stereocenters. The Morgan fingerprint density at radius 2 is 2.08 bits per heavy atom. The predicted octanol–water partition coefficient (Wildman–Crippen LogP) is 5.96. The van der Waals surface area contributed by atoms with E-state index in [0.29, 0.717) is 33.8 Å². The lowest BCUT2D eigenvalue weighted by Crippen LogP contribution is -2.19. The maximum Gasteiger partial charge on any atom is 0.264 e. The number of carbonyl (C=O) groups excluding carboxylic acids is 1. The molecule has 9 heteroatoms. The molecule has 2 N–H and O–H groups in total. The smallest absolute Gasteiger partial charge is 0.264 e. The zero-order chi connectivity index (χ0) is 18.1. The van der Waals surface area contributed by atoms with Gasteiger partial charge in [0.05, 0.1) is 28.7 Å². The number of aromatic hydroxyl groups is 1. The third-order valence-corrected chi connectivity index (χ3v) is 6.29. The first-order valence-corrected chi connectivity index (χ1v) is 10.2. The number of phenols is 1. The lowest BCUT2D eigenvalue weighted by atomic mass is 10.2. The fraction of sp³-hybridized carbons (Fsp3) is 0. The minimum Gasteiger partial charge on any atom is -0.506 e. The monoisotopic (exact) mass is 568 g/mol. The largest absolute Gasteiger partial charge is 0.506 e. The molecule has 0 saturated carbocycles. The molecule has 0 spiro atoms. The summed E-state index contributed by atoms with van der Waals surface area (Å²) >= 11 is 18.6. The Bertz CT molecular complexity index is 927. The van der Waals surface area contributed by atoms with Gasteiger partial charge in [0.15, 0.2) is 5.17 Å². The number of halogens is 4. The van der Waals surface area contributed by atoms with Crippen molar-refractivity contribution in [1.29, 1.82) is 0 Å². The summed E-state index contributed by atoms with van der Waals surface area (Å²) in [4.78, 5) is 17.0. The van der Waals surface area contributed by atoms with E-state index in [1.54, 1.807) is 36.4 Å². The van der Waals surface area contributed by atoms with E-state index < -0.39 is 0 Å². The first kappa shape index (κ1) is 19.0. The van der Waals surface area contributed by atoms with Crippen LogP contribution < -0.4 is 5.32 Å². The zero-order valence-electron chi connectivity index (χ0n) is 12.2. The molecule has 3 rings (SSSR count). The number of amides is 1. The summed E-state index contributed by atoms with van der Waals surface area (Å²) in [7, 11) is 0. The molecule has 0 bridgehead atoms. The Hall–Kier alpha value is -0.740. The van der Waals surface area contributed by atoms with Crippen molar-refractivity contribution >= 4 is 96.3 Å². The van der Waals surface area contributed by atoms with Gasteiger partial charge in [0, 0.05) is 0 Å². The van der Waals surface area contributed by atoms with Gasteiger partial charge in [0.2, 0.25) is 0 Å². The normalized spacial score (nSPS) is 17.4. The van der Waals surface area contributed by atoms with E-state index in [-0.39, 0.29) is 11.7 Å². The summed E-state index contributed by atoms with van der Waals surface area (Å²) in [6.07, 6.45) is 1.73. The lowest BCUT2D eigenvalue weighted by Gasteiger charge is -2.02. The molecule has 1 saturated heterocycles. The number of aliphatic imine (C=N–C) groups is 1. The molecule has 0 aromatic heterocycles. The number of hydrogen-bond donors (Lipinski definition) is 2. The van der Waals surface area contributed by atoms with Crippen molar-refractivity contribution in [2.24, 2.45) is 4.99 Å². The van der Waals surface area contributed by atoms with Crippen LogP contribution >= 0.6 is 73.5 Å². The second kappa shape index (κ2) is 7.87. The minimum atomic E-state index is -0.249. The number of thioether (sulfide) groups is 1. The van der Waals surface area contributed by atoms with Gasteiger partial charge in [-0.15, -0.1) is 0 Å². The Morgan fingerprint density at radius 3 is 2.80 bits per heavy atom. The predicted molar refractivity (Wildman–Crippen MR) is 116 cm³/mol. The van der Waals surface area contributed by atoms with Crippen LogP contribution in [0.2, 0.25) is 10.0 Å². The van der Waals surface area contributed by atoms with E-state index in [1.165, 1.54) is 11.8 Å². The molecule has 1 aliphatic rings. The molecule has 2 aromatic rings. The number of hydrogen-bond acceptors (Lipinski definition) is 4. The molecular weight excluding hydrogens is 562 g/mol. The molecule has 0 radical (unpaired) electrons. The maximum absolute atomic E-state index is 12.2. The van der Waals surface area contributed by atoms with Crippen LogP contribution in [0.5, 0.6) is 5.75 Å². The van der Waals surface area contributed by atoms with E-state index in [4.69, 9.17) is 23.2 Å². The van der Waals surface area contributed by atoms with Crippen LogP contribution in [0.15, 0.2) is 44.7 Å².